The van der Waals surface area contributed by atoms with Crippen LogP contribution in [0.4, 0.5) is 0 Å². The average Bonchev–Trinajstić information content (AvgIpc) is 2.74. The number of aryl methyl sites for hydroxylation is 2. The van der Waals surface area contributed by atoms with Crippen LogP contribution in [0.15, 0.2) is 59.4 Å². The second-order valence-corrected chi connectivity index (χ2v) is 6.89. The monoisotopic (exact) mass is 393 g/mol. The van der Waals surface area contributed by atoms with Crippen molar-refractivity contribution in [2.45, 2.75) is 25.8 Å². The molecule has 29 heavy (non-hydrogen) atoms. The van der Waals surface area contributed by atoms with Crippen LogP contribution in [0.1, 0.15) is 29.4 Å². The molecule has 0 aliphatic carbocycles. The van der Waals surface area contributed by atoms with Gasteiger partial charge in [0.1, 0.15) is 0 Å². The van der Waals surface area contributed by atoms with Gasteiger partial charge < -0.3 is 10.1 Å². The van der Waals surface area contributed by atoms with Gasteiger partial charge in [0, 0.05) is 18.5 Å². The molecule has 1 heterocycles. The largest absolute Gasteiger partial charge is 0.451 e. The van der Waals surface area contributed by atoms with Crippen LogP contribution in [-0.4, -0.2) is 34.3 Å². The van der Waals surface area contributed by atoms with Gasteiger partial charge in [-0.15, -0.1) is 0 Å². The first-order chi connectivity index (χ1) is 14.0. The van der Waals surface area contributed by atoms with E-state index in [9.17, 15) is 14.4 Å². The Morgan fingerprint density at radius 1 is 1.07 bits per heavy atom. The van der Waals surface area contributed by atoms with E-state index in [0.29, 0.717) is 10.8 Å². The minimum Gasteiger partial charge on any atom is -0.451 e. The van der Waals surface area contributed by atoms with Crippen molar-refractivity contribution in [3.05, 3.63) is 76.2 Å². The fourth-order valence-corrected chi connectivity index (χ4v) is 3.07. The smallest absolute Gasteiger partial charge is 0.359 e. The highest BCUT2D eigenvalue weighted by molar-refractivity contribution is 6.02. The zero-order valence-electron chi connectivity index (χ0n) is 16.4. The molecule has 1 N–H and O–H groups in total. The van der Waals surface area contributed by atoms with E-state index in [-0.39, 0.29) is 23.2 Å². The summed E-state index contributed by atoms with van der Waals surface area (Å²) in [5, 5.41) is 7.59. The molecule has 0 unspecified atom stereocenters. The Morgan fingerprint density at radius 3 is 2.45 bits per heavy atom. The number of nitrogens with one attached hydrogen (secondary N) is 1. The van der Waals surface area contributed by atoms with Crippen molar-refractivity contribution in [2.75, 3.05) is 6.61 Å². The van der Waals surface area contributed by atoms with Crippen LogP contribution in [0.2, 0.25) is 0 Å². The number of rotatable bonds is 7. The SMILES string of the molecule is C[C@@H](CCc1ccccc1)NC(=O)COC(=O)c1nn(C)c(=O)c2ccccc12. The van der Waals surface area contributed by atoms with Gasteiger partial charge in [-0.1, -0.05) is 48.5 Å². The molecule has 0 radical (unpaired) electrons. The summed E-state index contributed by atoms with van der Waals surface area (Å²) in [6.07, 6.45) is 1.62. The first-order valence-electron chi connectivity index (χ1n) is 9.42. The average molecular weight is 393 g/mol. The molecule has 0 bridgehead atoms. The molecule has 0 aliphatic rings. The van der Waals surface area contributed by atoms with Crippen LogP contribution >= 0.6 is 0 Å². The number of carbonyl (C=O) groups excluding carboxylic acids is 2. The fraction of sp³-hybridized carbons (Fsp3) is 0.273. The van der Waals surface area contributed by atoms with Gasteiger partial charge in [0.05, 0.1) is 5.39 Å². The standard InChI is InChI=1S/C22H23N3O4/c1-15(12-13-16-8-4-3-5-9-16)23-19(26)14-29-22(28)20-17-10-6-7-11-18(17)21(27)25(2)24-20/h3-11,15H,12-14H2,1-2H3,(H,23,26)/t15-/m0/s1. The molecule has 7 heteroatoms. The van der Waals surface area contributed by atoms with E-state index < -0.39 is 12.6 Å². The lowest BCUT2D eigenvalue weighted by molar-refractivity contribution is -0.124. The molecule has 0 saturated heterocycles. The number of fused-ring (bicyclic) bond motifs is 1. The van der Waals surface area contributed by atoms with Gasteiger partial charge in [-0.3, -0.25) is 9.59 Å². The van der Waals surface area contributed by atoms with E-state index in [1.54, 1.807) is 24.3 Å². The van der Waals surface area contributed by atoms with Crippen LogP contribution in [0, 0.1) is 0 Å². The maximum absolute atomic E-state index is 12.4. The summed E-state index contributed by atoms with van der Waals surface area (Å²) in [5.74, 6) is -1.13. The number of nitrogens with zero attached hydrogens (tertiary/aromatic N) is 2. The Balaban J connectivity index is 1.57. The minimum atomic E-state index is -0.746. The second kappa shape index (κ2) is 9.14. The summed E-state index contributed by atoms with van der Waals surface area (Å²) < 4.78 is 6.22. The van der Waals surface area contributed by atoms with Crippen molar-refractivity contribution >= 4 is 22.6 Å². The molecule has 150 valence electrons. The Labute approximate surface area is 168 Å². The van der Waals surface area contributed by atoms with E-state index in [0.717, 1.165) is 17.5 Å². The molecule has 0 aliphatic heterocycles. The summed E-state index contributed by atoms with van der Waals surface area (Å²) in [4.78, 5) is 36.7. The molecule has 2 aromatic carbocycles. The topological polar surface area (TPSA) is 90.3 Å². The van der Waals surface area contributed by atoms with Gasteiger partial charge in [-0.25, -0.2) is 9.48 Å². The predicted octanol–water partition coefficient (Wildman–Crippen LogP) is 2.23. The first kappa shape index (κ1) is 20.3. The lowest BCUT2D eigenvalue weighted by Gasteiger charge is -2.14. The lowest BCUT2D eigenvalue weighted by atomic mass is 10.1. The Morgan fingerprint density at radius 2 is 1.72 bits per heavy atom. The van der Waals surface area contributed by atoms with Crippen LogP contribution in [-0.2, 0) is 23.0 Å². The Bertz CT molecular complexity index is 1080. The highest BCUT2D eigenvalue weighted by atomic mass is 16.5. The molecular weight excluding hydrogens is 370 g/mol. The zero-order valence-corrected chi connectivity index (χ0v) is 16.4. The number of carbonyl (C=O) groups is 2. The molecule has 0 fully saturated rings. The third-order valence-corrected chi connectivity index (χ3v) is 4.60. The van der Waals surface area contributed by atoms with Gasteiger partial charge >= 0.3 is 5.97 Å². The first-order valence-corrected chi connectivity index (χ1v) is 9.42. The number of hydrogen-bond donors (Lipinski definition) is 1. The molecule has 3 aromatic rings. The minimum absolute atomic E-state index is 0.00706. The van der Waals surface area contributed by atoms with Crippen molar-refractivity contribution in [2.24, 2.45) is 7.05 Å². The van der Waals surface area contributed by atoms with Gasteiger partial charge in [-0.2, -0.15) is 5.10 Å². The Kier molecular flexibility index (Phi) is 6.39. The molecule has 7 nitrogen and oxygen atoms in total. The van der Waals surface area contributed by atoms with Crippen molar-refractivity contribution in [3.63, 3.8) is 0 Å². The van der Waals surface area contributed by atoms with E-state index in [2.05, 4.69) is 10.4 Å². The summed E-state index contributed by atoms with van der Waals surface area (Å²) in [7, 11) is 1.46. The van der Waals surface area contributed by atoms with E-state index in [1.165, 1.54) is 12.6 Å². The quantitative estimate of drug-likeness (QED) is 0.622. The predicted molar refractivity (Wildman–Crippen MR) is 110 cm³/mol. The number of benzene rings is 2. The fourth-order valence-electron chi connectivity index (χ4n) is 3.07. The molecular formula is C22H23N3O4. The Hall–Kier alpha value is -3.48. The van der Waals surface area contributed by atoms with Gasteiger partial charge in [-0.05, 0) is 31.4 Å². The number of esters is 1. The normalized spacial score (nSPS) is 11.8. The molecule has 0 spiro atoms. The highest BCUT2D eigenvalue weighted by Gasteiger charge is 2.18. The summed E-state index contributed by atoms with van der Waals surface area (Å²) in [5.41, 5.74) is 0.905. The van der Waals surface area contributed by atoms with E-state index >= 15 is 0 Å². The van der Waals surface area contributed by atoms with Crippen LogP contribution in [0.25, 0.3) is 10.8 Å². The number of hydrogen-bond acceptors (Lipinski definition) is 5. The van der Waals surface area contributed by atoms with Crippen LogP contribution in [0.5, 0.6) is 0 Å². The number of ether oxygens (including phenoxy) is 1. The number of amides is 1. The van der Waals surface area contributed by atoms with E-state index in [4.69, 9.17) is 4.74 Å². The van der Waals surface area contributed by atoms with Gasteiger partial charge in [0.25, 0.3) is 11.5 Å². The summed E-state index contributed by atoms with van der Waals surface area (Å²) in [6.45, 7) is 1.50. The molecule has 0 saturated carbocycles. The zero-order chi connectivity index (χ0) is 20.8. The van der Waals surface area contributed by atoms with Crippen LogP contribution in [0.3, 0.4) is 0 Å². The van der Waals surface area contributed by atoms with Crippen molar-refractivity contribution in [3.8, 4) is 0 Å². The molecule has 1 aromatic heterocycles. The maximum atomic E-state index is 12.4. The van der Waals surface area contributed by atoms with Crippen molar-refractivity contribution in [1.29, 1.82) is 0 Å². The van der Waals surface area contributed by atoms with Crippen LogP contribution < -0.4 is 10.9 Å². The highest BCUT2D eigenvalue weighted by Crippen LogP contribution is 2.14. The van der Waals surface area contributed by atoms with E-state index in [1.807, 2.05) is 37.3 Å². The number of aromatic nitrogens is 2. The summed E-state index contributed by atoms with van der Waals surface area (Å²) in [6, 6.07) is 16.6. The maximum Gasteiger partial charge on any atom is 0.359 e. The van der Waals surface area contributed by atoms with Crippen molar-refractivity contribution in [1.82, 2.24) is 15.1 Å². The molecule has 3 rings (SSSR count). The van der Waals surface area contributed by atoms with Gasteiger partial charge in [0.2, 0.25) is 0 Å². The third kappa shape index (κ3) is 5.07. The second-order valence-electron chi connectivity index (χ2n) is 6.89. The van der Waals surface area contributed by atoms with Gasteiger partial charge in [0.15, 0.2) is 12.3 Å². The van der Waals surface area contributed by atoms with Crippen molar-refractivity contribution < 1.29 is 14.3 Å². The lowest BCUT2D eigenvalue weighted by Crippen LogP contribution is -2.36. The molecule has 1 amide bonds. The molecule has 1 atom stereocenters. The summed E-state index contributed by atoms with van der Waals surface area (Å²) >= 11 is 0. The third-order valence-electron chi connectivity index (χ3n) is 4.60.